The number of aryl methyl sites for hydroxylation is 4. The summed E-state index contributed by atoms with van der Waals surface area (Å²) in [5, 5.41) is 0. The van der Waals surface area contributed by atoms with Crippen molar-refractivity contribution in [3.63, 3.8) is 0 Å². The van der Waals surface area contributed by atoms with Crippen LogP contribution in [0.5, 0.6) is 0 Å². The molecule has 1 heterocycles. The molecule has 0 saturated carbocycles. The van der Waals surface area contributed by atoms with Gasteiger partial charge in [-0.05, 0) is 124 Å². The molecule has 63 heavy (non-hydrogen) atoms. The zero-order valence-electron chi connectivity index (χ0n) is 43.1. The van der Waals surface area contributed by atoms with Crippen molar-refractivity contribution in [3.8, 4) is 0 Å². The number of rotatable bonds is 34. The van der Waals surface area contributed by atoms with E-state index in [0.29, 0.717) is 0 Å². The predicted octanol–water partition coefficient (Wildman–Crippen LogP) is 20.5. The van der Waals surface area contributed by atoms with Crippen LogP contribution in [0.15, 0.2) is 47.5 Å². The summed E-state index contributed by atoms with van der Waals surface area (Å²) in [6.07, 6.45) is 41.9. The molecule has 0 saturated heterocycles. The Morgan fingerprint density at radius 1 is 0.333 bits per heavy atom. The summed E-state index contributed by atoms with van der Waals surface area (Å²) in [6, 6.07) is 14.8. The first kappa shape index (κ1) is 61.0. The Kier molecular flexibility index (Phi) is 40.1. The minimum Gasteiger partial charge on any atom is -0.493 e. The molecule has 0 atom stereocenters. The van der Waals surface area contributed by atoms with Crippen molar-refractivity contribution in [1.82, 2.24) is 0 Å². The molecule has 3 rings (SSSR count). The standard InChI is InChI=1S/C52H84N2.2C4H9.Ni/c1-7-13-19-22-25-28-33-45-38-46(34-29-26-23-20-14-8-2)42-48(41-45)52-50(36-30-27-24-21-15-9-3)49(35-18-12-6)51(54(52)53)47-39-43(31-16-10-4)37-44(40-47)32-17-11-5;2*1-3-4-2;/h37-42H,7-36H2,1-6H3;2*1,3-4H2,2H3;/q;2*-1;+2. The SMILES string of the molecule is CCCCCCCCC1=C(c2cc(CCCCCCCC)cc(CCCCCCCC)c2)[N+](=[N-])C(c2cc(CCCC)cc(CCCC)c2)=C1CCCC.[CH2-]CCC.[CH2-]CCC.[Ni+2]. The fraction of sp³-hybridized carbons (Fsp3) is 0.700. The molecule has 0 aromatic heterocycles. The van der Waals surface area contributed by atoms with E-state index in [2.05, 4.69) is 106 Å². The van der Waals surface area contributed by atoms with Gasteiger partial charge in [-0.15, -0.1) is 0 Å². The van der Waals surface area contributed by atoms with Gasteiger partial charge in [-0.1, -0.05) is 196 Å². The van der Waals surface area contributed by atoms with E-state index >= 15 is 0 Å². The van der Waals surface area contributed by atoms with Gasteiger partial charge in [0.15, 0.2) is 0 Å². The molecule has 0 unspecified atom stereocenters. The zero-order valence-corrected chi connectivity index (χ0v) is 44.1. The van der Waals surface area contributed by atoms with E-state index in [1.54, 1.807) is 4.70 Å². The third-order valence-electron chi connectivity index (χ3n) is 12.6. The molecule has 1 aliphatic rings. The van der Waals surface area contributed by atoms with Crippen LogP contribution < -0.4 is 0 Å². The molecule has 362 valence electrons. The van der Waals surface area contributed by atoms with Crippen molar-refractivity contribution in [2.75, 3.05) is 0 Å². The Balaban J connectivity index is 0.00000392. The summed E-state index contributed by atoms with van der Waals surface area (Å²) in [4.78, 5) is 0. The Hall–Kier alpha value is -1.99. The van der Waals surface area contributed by atoms with Gasteiger partial charge in [-0.2, -0.15) is 12.8 Å². The Labute approximate surface area is 404 Å². The quantitative estimate of drug-likeness (QED) is 0.0289. The van der Waals surface area contributed by atoms with Gasteiger partial charge in [0.2, 0.25) is 11.4 Å². The van der Waals surface area contributed by atoms with Crippen LogP contribution in [0.25, 0.3) is 16.9 Å². The maximum atomic E-state index is 12.7. The maximum Gasteiger partial charge on any atom is 2.00 e. The van der Waals surface area contributed by atoms with Gasteiger partial charge in [-0.3, -0.25) is 0 Å². The molecule has 2 nitrogen and oxygen atoms in total. The van der Waals surface area contributed by atoms with E-state index in [4.69, 9.17) is 0 Å². The molecule has 0 bridgehead atoms. The van der Waals surface area contributed by atoms with Crippen molar-refractivity contribution in [2.24, 2.45) is 0 Å². The summed E-state index contributed by atoms with van der Waals surface area (Å²) in [7, 11) is 0. The van der Waals surface area contributed by atoms with Crippen LogP contribution in [0.4, 0.5) is 0 Å². The van der Waals surface area contributed by atoms with Gasteiger partial charge in [0, 0.05) is 22.3 Å². The van der Waals surface area contributed by atoms with Crippen LogP contribution in [0.1, 0.15) is 281 Å². The van der Waals surface area contributed by atoms with E-state index in [-0.39, 0.29) is 16.5 Å². The number of hydrogen-bond acceptors (Lipinski definition) is 0. The second-order valence-corrected chi connectivity index (χ2v) is 18.6. The van der Waals surface area contributed by atoms with Gasteiger partial charge < -0.3 is 19.4 Å². The van der Waals surface area contributed by atoms with Crippen LogP contribution >= 0.6 is 0 Å². The molecule has 3 heteroatoms. The Morgan fingerprint density at radius 2 is 0.571 bits per heavy atom. The van der Waals surface area contributed by atoms with E-state index in [1.807, 2.05) is 0 Å². The molecule has 0 radical (unpaired) electrons. The normalized spacial score (nSPS) is 12.3. The van der Waals surface area contributed by atoms with Crippen LogP contribution in [0, 0.1) is 13.8 Å². The molecule has 0 fully saturated rings. The third kappa shape index (κ3) is 26.1. The predicted molar refractivity (Wildman–Crippen MR) is 280 cm³/mol. The van der Waals surface area contributed by atoms with E-state index in [0.717, 1.165) is 75.6 Å². The first-order valence-corrected chi connectivity index (χ1v) is 27.1. The number of benzene rings is 2. The summed E-state index contributed by atoms with van der Waals surface area (Å²) in [5.41, 5.74) is 26.0. The third-order valence-corrected chi connectivity index (χ3v) is 12.6. The molecule has 0 N–H and O–H groups in total. The zero-order chi connectivity index (χ0) is 45.6. The van der Waals surface area contributed by atoms with Gasteiger partial charge in [0.1, 0.15) is 0 Å². The summed E-state index contributed by atoms with van der Waals surface area (Å²) < 4.78 is 1.69. The minimum atomic E-state index is 0. The molecule has 1 aliphatic heterocycles. The van der Waals surface area contributed by atoms with E-state index < -0.39 is 0 Å². The average molecular weight is 910 g/mol. The number of hydrogen-bond donors (Lipinski definition) is 0. The minimum absolute atomic E-state index is 0. The second-order valence-electron chi connectivity index (χ2n) is 18.6. The largest absolute Gasteiger partial charge is 2.00 e. The molecule has 0 aliphatic carbocycles. The van der Waals surface area contributed by atoms with Crippen molar-refractivity contribution < 1.29 is 21.2 Å². The van der Waals surface area contributed by atoms with Crippen LogP contribution in [0.2, 0.25) is 0 Å². The maximum absolute atomic E-state index is 12.7. The second kappa shape index (κ2) is 41.4. The van der Waals surface area contributed by atoms with Gasteiger partial charge in [-0.25, -0.2) is 4.70 Å². The van der Waals surface area contributed by atoms with Gasteiger partial charge in [0.05, 0.1) is 0 Å². The Morgan fingerprint density at radius 3 is 0.873 bits per heavy atom. The van der Waals surface area contributed by atoms with E-state index in [1.165, 1.54) is 199 Å². The first-order valence-electron chi connectivity index (χ1n) is 27.1. The van der Waals surface area contributed by atoms with Crippen LogP contribution in [-0.2, 0) is 42.2 Å². The number of nitrogens with zero attached hydrogens (tertiary/aromatic N) is 2. The van der Waals surface area contributed by atoms with Crippen molar-refractivity contribution in [2.45, 2.75) is 274 Å². The summed E-state index contributed by atoms with van der Waals surface area (Å²) in [6.45, 7) is 25.3. The van der Waals surface area contributed by atoms with Gasteiger partial charge >= 0.3 is 16.5 Å². The summed E-state index contributed by atoms with van der Waals surface area (Å²) in [5.74, 6) is 0. The monoisotopic (exact) mass is 909 g/mol. The molecular formula is C60H102N2Ni. The molecular weight excluding hydrogens is 807 g/mol. The van der Waals surface area contributed by atoms with Crippen LogP contribution in [-0.4, -0.2) is 4.70 Å². The molecule has 2 aromatic rings. The first-order chi connectivity index (χ1) is 30.3. The average Bonchev–Trinajstić information content (AvgIpc) is 3.57. The Bertz CT molecular complexity index is 1410. The molecule has 0 spiro atoms. The number of allylic oxidation sites excluding steroid dienone is 2. The fourth-order valence-corrected chi connectivity index (χ4v) is 8.58. The van der Waals surface area contributed by atoms with Crippen molar-refractivity contribution in [1.29, 1.82) is 0 Å². The van der Waals surface area contributed by atoms with Crippen molar-refractivity contribution >= 4 is 11.4 Å². The summed E-state index contributed by atoms with van der Waals surface area (Å²) >= 11 is 0. The topological polar surface area (TPSA) is 25.3 Å². The van der Waals surface area contributed by atoms with Crippen LogP contribution in [0.3, 0.4) is 0 Å². The van der Waals surface area contributed by atoms with Crippen molar-refractivity contribution in [3.05, 3.63) is 100 Å². The molecule has 2 aromatic carbocycles. The number of unbranched alkanes of at least 4 members (excludes halogenated alkanes) is 20. The van der Waals surface area contributed by atoms with Gasteiger partial charge in [0.25, 0.3) is 0 Å². The molecule has 0 amide bonds. The van der Waals surface area contributed by atoms with E-state index in [9.17, 15) is 5.53 Å². The fourth-order valence-electron chi connectivity index (χ4n) is 8.58. The smallest absolute Gasteiger partial charge is 0.493 e.